The van der Waals surface area contributed by atoms with Crippen LogP contribution in [0.1, 0.15) is 27.0 Å². The SMILES string of the molecule is O=C(c1ccc(C(F)(F)F)cc1)c1ccc(C(Cl)(Cl)Cl)cc1. The number of benzene rings is 2. The van der Waals surface area contributed by atoms with E-state index < -0.39 is 21.3 Å². The average Bonchev–Trinajstić information content (AvgIpc) is 2.45. The first kappa shape index (κ1) is 17.1. The van der Waals surface area contributed by atoms with E-state index in [2.05, 4.69) is 0 Å². The molecule has 0 unspecified atom stereocenters. The molecule has 0 fully saturated rings. The summed E-state index contributed by atoms with van der Waals surface area (Å²) < 4.78 is 35.8. The molecule has 0 aliphatic rings. The minimum absolute atomic E-state index is 0.148. The Kier molecular flexibility index (Phi) is 4.76. The smallest absolute Gasteiger partial charge is 0.289 e. The van der Waals surface area contributed by atoms with Crippen molar-refractivity contribution >= 4 is 40.6 Å². The van der Waals surface area contributed by atoms with Crippen LogP contribution in [0.2, 0.25) is 0 Å². The third kappa shape index (κ3) is 3.94. The van der Waals surface area contributed by atoms with Crippen LogP contribution in [0.15, 0.2) is 48.5 Å². The Bertz CT molecular complexity index is 612. The van der Waals surface area contributed by atoms with Gasteiger partial charge in [-0.25, -0.2) is 0 Å². The second-order valence-corrected chi connectivity index (χ2v) is 6.76. The van der Waals surface area contributed by atoms with Crippen LogP contribution in [0.4, 0.5) is 13.2 Å². The predicted molar refractivity (Wildman–Crippen MR) is 80.6 cm³/mol. The van der Waals surface area contributed by atoms with Gasteiger partial charge >= 0.3 is 6.18 Å². The Balaban J connectivity index is 2.25. The van der Waals surface area contributed by atoms with Crippen LogP contribution >= 0.6 is 34.8 Å². The van der Waals surface area contributed by atoms with Crippen LogP contribution in [0.5, 0.6) is 0 Å². The van der Waals surface area contributed by atoms with Crippen molar-refractivity contribution in [3.63, 3.8) is 0 Å². The summed E-state index contributed by atoms with van der Waals surface area (Å²) in [5.41, 5.74) is 0.0180. The normalized spacial score (nSPS) is 12.3. The number of hydrogen-bond acceptors (Lipinski definition) is 1. The first-order valence-electron chi connectivity index (χ1n) is 5.98. The summed E-state index contributed by atoms with van der Waals surface area (Å²) in [5, 5.41) is 0. The molecular weight excluding hydrogens is 360 g/mol. The van der Waals surface area contributed by atoms with Gasteiger partial charge in [0, 0.05) is 16.7 Å². The third-order valence-electron chi connectivity index (χ3n) is 2.95. The van der Waals surface area contributed by atoms with Gasteiger partial charge in [0.15, 0.2) is 5.78 Å². The van der Waals surface area contributed by atoms with Gasteiger partial charge in [-0.3, -0.25) is 4.79 Å². The highest BCUT2D eigenvalue weighted by Gasteiger charge is 2.30. The molecule has 0 N–H and O–H groups in total. The molecule has 0 spiro atoms. The average molecular weight is 368 g/mol. The lowest BCUT2D eigenvalue weighted by atomic mass is 10.0. The lowest BCUT2D eigenvalue weighted by Gasteiger charge is -2.11. The summed E-state index contributed by atoms with van der Waals surface area (Å²) in [4.78, 5) is 12.2. The Morgan fingerprint density at radius 2 is 1.09 bits per heavy atom. The van der Waals surface area contributed by atoms with Gasteiger partial charge in [-0.2, -0.15) is 13.2 Å². The van der Waals surface area contributed by atoms with Crippen molar-refractivity contribution in [2.45, 2.75) is 9.97 Å². The Morgan fingerprint density at radius 3 is 1.41 bits per heavy atom. The zero-order chi connectivity index (χ0) is 16.5. The summed E-state index contributed by atoms with van der Waals surface area (Å²) in [6, 6.07) is 9.86. The number of hydrogen-bond donors (Lipinski definition) is 0. The quantitative estimate of drug-likeness (QED) is 0.487. The number of carbonyl (C=O) groups excluding carboxylic acids is 1. The predicted octanol–water partition coefficient (Wildman–Crippen LogP) is 5.76. The minimum atomic E-state index is -4.44. The summed E-state index contributed by atoms with van der Waals surface area (Å²) in [5.74, 6) is -0.412. The highest BCUT2D eigenvalue weighted by atomic mass is 35.6. The molecule has 0 atom stereocenters. The number of alkyl halides is 6. The summed E-state index contributed by atoms with van der Waals surface area (Å²) in [6.07, 6.45) is -4.44. The largest absolute Gasteiger partial charge is 0.416 e. The fourth-order valence-electron chi connectivity index (χ4n) is 1.79. The van der Waals surface area contributed by atoms with Gasteiger partial charge < -0.3 is 0 Å². The van der Waals surface area contributed by atoms with Crippen LogP contribution in [0, 0.1) is 0 Å². The number of rotatable bonds is 2. The molecule has 2 rings (SSSR count). The molecule has 0 bridgehead atoms. The van der Waals surface area contributed by atoms with E-state index in [1.54, 1.807) is 0 Å². The molecule has 2 aromatic carbocycles. The number of carbonyl (C=O) groups is 1. The van der Waals surface area contributed by atoms with E-state index in [-0.39, 0.29) is 11.1 Å². The zero-order valence-corrected chi connectivity index (χ0v) is 13.1. The van der Waals surface area contributed by atoms with E-state index in [9.17, 15) is 18.0 Å². The molecule has 0 aromatic heterocycles. The van der Waals surface area contributed by atoms with Crippen molar-refractivity contribution in [1.82, 2.24) is 0 Å². The van der Waals surface area contributed by atoms with Gasteiger partial charge in [0.1, 0.15) is 0 Å². The Morgan fingerprint density at radius 1 is 0.727 bits per heavy atom. The van der Waals surface area contributed by atoms with Crippen molar-refractivity contribution in [3.8, 4) is 0 Å². The number of ketones is 1. The third-order valence-corrected chi connectivity index (χ3v) is 3.60. The van der Waals surface area contributed by atoms with Gasteiger partial charge in [-0.05, 0) is 12.1 Å². The highest BCUT2D eigenvalue weighted by Crippen LogP contribution is 2.38. The maximum Gasteiger partial charge on any atom is 0.416 e. The zero-order valence-electron chi connectivity index (χ0n) is 10.8. The van der Waals surface area contributed by atoms with E-state index >= 15 is 0 Å². The van der Waals surface area contributed by atoms with E-state index in [0.717, 1.165) is 24.3 Å². The van der Waals surface area contributed by atoms with Crippen molar-refractivity contribution in [2.75, 3.05) is 0 Å². The topological polar surface area (TPSA) is 17.1 Å². The minimum Gasteiger partial charge on any atom is -0.289 e. The Labute approximate surface area is 139 Å². The summed E-state index contributed by atoms with van der Waals surface area (Å²) in [6.45, 7) is 0. The number of halogens is 6. The summed E-state index contributed by atoms with van der Waals surface area (Å²) >= 11 is 17.1. The first-order valence-corrected chi connectivity index (χ1v) is 7.11. The molecule has 0 radical (unpaired) electrons. The molecule has 22 heavy (non-hydrogen) atoms. The fraction of sp³-hybridized carbons (Fsp3) is 0.133. The molecule has 0 saturated heterocycles. The maximum absolute atomic E-state index is 12.5. The monoisotopic (exact) mass is 366 g/mol. The lowest BCUT2D eigenvalue weighted by Crippen LogP contribution is -2.07. The molecule has 0 amide bonds. The first-order chi connectivity index (χ1) is 10.1. The Hall–Kier alpha value is -1.23. The van der Waals surface area contributed by atoms with E-state index in [4.69, 9.17) is 34.8 Å². The van der Waals surface area contributed by atoms with E-state index in [1.807, 2.05) is 0 Å². The lowest BCUT2D eigenvalue weighted by molar-refractivity contribution is -0.137. The molecule has 1 nitrogen and oxygen atoms in total. The van der Waals surface area contributed by atoms with Crippen LogP contribution in [-0.4, -0.2) is 5.78 Å². The molecule has 0 aliphatic carbocycles. The molecule has 116 valence electrons. The van der Waals surface area contributed by atoms with Crippen LogP contribution in [-0.2, 0) is 9.97 Å². The summed E-state index contributed by atoms with van der Waals surface area (Å²) in [7, 11) is 0. The maximum atomic E-state index is 12.5. The van der Waals surface area contributed by atoms with Gasteiger partial charge in [0.2, 0.25) is 3.79 Å². The molecule has 0 saturated carbocycles. The van der Waals surface area contributed by atoms with Crippen LogP contribution in [0.3, 0.4) is 0 Å². The molecular formula is C15H8Cl3F3O. The highest BCUT2D eigenvalue weighted by molar-refractivity contribution is 6.66. The standard InChI is InChI=1S/C15H8Cl3F3O/c16-14(17,18)11-5-1-9(2-6-11)13(22)10-3-7-12(8-4-10)15(19,20)21/h1-8H. The van der Waals surface area contributed by atoms with E-state index in [1.165, 1.54) is 24.3 Å². The van der Waals surface area contributed by atoms with Gasteiger partial charge in [0.25, 0.3) is 0 Å². The molecule has 2 aromatic rings. The fourth-order valence-corrected chi connectivity index (χ4v) is 2.17. The molecule has 7 heteroatoms. The van der Waals surface area contributed by atoms with Crippen molar-refractivity contribution in [2.24, 2.45) is 0 Å². The van der Waals surface area contributed by atoms with Gasteiger partial charge in [0.05, 0.1) is 5.56 Å². The van der Waals surface area contributed by atoms with Crippen LogP contribution < -0.4 is 0 Å². The second kappa shape index (κ2) is 6.11. The van der Waals surface area contributed by atoms with Crippen LogP contribution in [0.25, 0.3) is 0 Å². The van der Waals surface area contributed by atoms with Crippen molar-refractivity contribution in [1.29, 1.82) is 0 Å². The van der Waals surface area contributed by atoms with Gasteiger partial charge in [-0.15, -0.1) is 0 Å². The van der Waals surface area contributed by atoms with Crippen molar-refractivity contribution < 1.29 is 18.0 Å². The van der Waals surface area contributed by atoms with Crippen molar-refractivity contribution in [3.05, 3.63) is 70.8 Å². The molecule has 0 heterocycles. The molecule has 0 aliphatic heterocycles. The second-order valence-electron chi connectivity index (χ2n) is 4.48. The van der Waals surface area contributed by atoms with Gasteiger partial charge in [-0.1, -0.05) is 71.2 Å². The van der Waals surface area contributed by atoms with E-state index in [0.29, 0.717) is 5.56 Å².